The summed E-state index contributed by atoms with van der Waals surface area (Å²) in [4.78, 5) is 18.0. The smallest absolute Gasteiger partial charge is 0.231 e. The van der Waals surface area contributed by atoms with Crippen LogP contribution in [0.1, 0.15) is 13.3 Å². The lowest BCUT2D eigenvalue weighted by Gasteiger charge is -2.21. The van der Waals surface area contributed by atoms with Gasteiger partial charge in [0.2, 0.25) is 5.91 Å². The molecule has 3 aromatic rings. The number of amides is 1. The van der Waals surface area contributed by atoms with E-state index in [-0.39, 0.29) is 11.3 Å². The van der Waals surface area contributed by atoms with E-state index in [4.69, 9.17) is 0 Å². The van der Waals surface area contributed by atoms with E-state index in [1.54, 1.807) is 11.3 Å². The summed E-state index contributed by atoms with van der Waals surface area (Å²) in [6.07, 6.45) is 4.90. The number of rotatable bonds is 3. The minimum Gasteiger partial charge on any atom is -0.326 e. The van der Waals surface area contributed by atoms with E-state index in [9.17, 15) is 4.79 Å². The quantitative estimate of drug-likeness (QED) is 0.778. The summed E-state index contributed by atoms with van der Waals surface area (Å²) in [7, 11) is 0. The first-order valence-corrected chi connectivity index (χ1v) is 8.57. The number of anilines is 1. The zero-order valence-corrected chi connectivity index (χ0v) is 13.7. The monoisotopic (exact) mass is 326 g/mol. The topological polar surface area (TPSA) is 58.4 Å². The SMILES string of the molecule is CC1(C(=O)Nc2ccc(-c3cn4ccsc4n3)cc2)CCNC1. The van der Waals surface area contributed by atoms with Crippen molar-refractivity contribution in [3.63, 3.8) is 0 Å². The van der Waals surface area contributed by atoms with Gasteiger partial charge in [-0.15, -0.1) is 11.3 Å². The van der Waals surface area contributed by atoms with Crippen LogP contribution in [0.4, 0.5) is 5.69 Å². The normalized spacial score (nSPS) is 20.9. The van der Waals surface area contributed by atoms with Gasteiger partial charge in [0.25, 0.3) is 0 Å². The van der Waals surface area contributed by atoms with Gasteiger partial charge in [0.15, 0.2) is 4.96 Å². The Hall–Kier alpha value is -2.18. The van der Waals surface area contributed by atoms with Gasteiger partial charge in [-0.2, -0.15) is 0 Å². The number of hydrogen-bond donors (Lipinski definition) is 2. The number of imidazole rings is 1. The fraction of sp³-hybridized carbons (Fsp3) is 0.294. The summed E-state index contributed by atoms with van der Waals surface area (Å²) in [5.74, 6) is 0.0813. The molecule has 1 fully saturated rings. The van der Waals surface area contributed by atoms with Crippen molar-refractivity contribution >= 4 is 27.9 Å². The van der Waals surface area contributed by atoms with Gasteiger partial charge in [-0.1, -0.05) is 12.1 Å². The highest BCUT2D eigenvalue weighted by Crippen LogP contribution is 2.27. The van der Waals surface area contributed by atoms with E-state index in [0.717, 1.165) is 41.4 Å². The number of thiazole rings is 1. The Kier molecular flexibility index (Phi) is 3.43. The Morgan fingerprint density at radius 2 is 2.22 bits per heavy atom. The molecule has 1 atom stereocenters. The van der Waals surface area contributed by atoms with Crippen molar-refractivity contribution in [3.8, 4) is 11.3 Å². The predicted molar refractivity (Wildman–Crippen MR) is 92.7 cm³/mol. The van der Waals surface area contributed by atoms with Gasteiger partial charge in [-0.05, 0) is 32.0 Å². The van der Waals surface area contributed by atoms with Crippen LogP contribution < -0.4 is 10.6 Å². The fourth-order valence-electron chi connectivity index (χ4n) is 2.88. The van der Waals surface area contributed by atoms with Crippen LogP contribution in [0.3, 0.4) is 0 Å². The molecular formula is C17H18N4OS. The zero-order chi connectivity index (χ0) is 15.9. The molecule has 1 unspecified atom stereocenters. The highest BCUT2D eigenvalue weighted by Gasteiger charge is 2.36. The standard InChI is InChI=1S/C17H18N4OS/c1-17(6-7-18-11-17)15(22)19-13-4-2-12(3-5-13)14-10-21-8-9-23-16(21)20-14/h2-5,8-10,18H,6-7,11H2,1H3,(H,19,22). The molecule has 1 saturated heterocycles. The van der Waals surface area contributed by atoms with Crippen LogP contribution >= 0.6 is 11.3 Å². The lowest BCUT2D eigenvalue weighted by molar-refractivity contribution is -0.123. The molecule has 2 aromatic heterocycles. The van der Waals surface area contributed by atoms with Gasteiger partial charge < -0.3 is 10.6 Å². The molecule has 23 heavy (non-hydrogen) atoms. The molecule has 2 N–H and O–H groups in total. The molecule has 0 spiro atoms. The Morgan fingerprint density at radius 1 is 1.39 bits per heavy atom. The fourth-order valence-corrected chi connectivity index (χ4v) is 3.58. The third kappa shape index (κ3) is 2.64. The van der Waals surface area contributed by atoms with Crippen molar-refractivity contribution in [2.24, 2.45) is 5.41 Å². The number of benzene rings is 1. The van der Waals surface area contributed by atoms with Gasteiger partial charge in [-0.25, -0.2) is 4.98 Å². The third-order valence-corrected chi connectivity index (χ3v) is 5.22. The molecule has 1 aromatic carbocycles. The second-order valence-corrected chi connectivity index (χ2v) is 7.11. The summed E-state index contributed by atoms with van der Waals surface area (Å²) >= 11 is 1.62. The maximum Gasteiger partial charge on any atom is 0.231 e. The molecule has 0 radical (unpaired) electrons. The van der Waals surface area contributed by atoms with E-state index >= 15 is 0 Å². The van der Waals surface area contributed by atoms with E-state index in [0.29, 0.717) is 0 Å². The second-order valence-electron chi connectivity index (χ2n) is 6.24. The van der Waals surface area contributed by atoms with Crippen molar-refractivity contribution in [1.29, 1.82) is 0 Å². The van der Waals surface area contributed by atoms with Gasteiger partial charge in [-0.3, -0.25) is 9.20 Å². The first-order chi connectivity index (χ1) is 11.1. The van der Waals surface area contributed by atoms with E-state index < -0.39 is 0 Å². The molecule has 5 nitrogen and oxygen atoms in total. The van der Waals surface area contributed by atoms with Crippen molar-refractivity contribution in [2.45, 2.75) is 13.3 Å². The molecule has 1 amide bonds. The van der Waals surface area contributed by atoms with Gasteiger partial charge in [0.05, 0.1) is 11.1 Å². The van der Waals surface area contributed by atoms with Gasteiger partial charge >= 0.3 is 0 Å². The number of carbonyl (C=O) groups excluding carboxylic acids is 1. The average Bonchev–Trinajstić information content (AvgIpc) is 3.24. The minimum absolute atomic E-state index is 0.0813. The molecule has 0 saturated carbocycles. The van der Waals surface area contributed by atoms with Crippen LogP contribution in [0.25, 0.3) is 16.2 Å². The van der Waals surface area contributed by atoms with Crippen LogP contribution in [-0.2, 0) is 4.79 Å². The molecule has 0 aliphatic carbocycles. The van der Waals surface area contributed by atoms with Crippen LogP contribution in [0.5, 0.6) is 0 Å². The summed E-state index contributed by atoms with van der Waals surface area (Å²) < 4.78 is 2.02. The summed E-state index contributed by atoms with van der Waals surface area (Å²) in [6.45, 7) is 3.65. The molecule has 4 rings (SSSR count). The van der Waals surface area contributed by atoms with Gasteiger partial charge in [0, 0.05) is 35.6 Å². The predicted octanol–water partition coefficient (Wildman–Crippen LogP) is 3.00. The summed E-state index contributed by atoms with van der Waals surface area (Å²) in [6, 6.07) is 7.87. The Balaban J connectivity index is 1.51. The lowest BCUT2D eigenvalue weighted by atomic mass is 9.88. The number of carbonyl (C=O) groups is 1. The first-order valence-electron chi connectivity index (χ1n) is 7.69. The Morgan fingerprint density at radius 3 is 2.91 bits per heavy atom. The largest absolute Gasteiger partial charge is 0.326 e. The molecule has 1 aliphatic rings. The zero-order valence-electron chi connectivity index (χ0n) is 12.9. The highest BCUT2D eigenvalue weighted by molar-refractivity contribution is 7.15. The van der Waals surface area contributed by atoms with E-state index in [1.807, 2.05) is 53.4 Å². The Bertz CT molecular complexity index is 814. The number of aromatic nitrogens is 2. The first kappa shape index (κ1) is 14.4. The number of hydrogen-bond acceptors (Lipinski definition) is 4. The third-order valence-electron chi connectivity index (χ3n) is 4.45. The van der Waals surface area contributed by atoms with Crippen LogP contribution in [0.15, 0.2) is 42.0 Å². The highest BCUT2D eigenvalue weighted by atomic mass is 32.1. The van der Waals surface area contributed by atoms with Gasteiger partial charge in [0.1, 0.15) is 0 Å². The number of nitrogens with one attached hydrogen (secondary N) is 2. The van der Waals surface area contributed by atoms with Crippen LogP contribution in [0, 0.1) is 5.41 Å². The van der Waals surface area contributed by atoms with Crippen LogP contribution in [-0.4, -0.2) is 28.4 Å². The number of fused-ring (bicyclic) bond motifs is 1. The molecule has 1 aliphatic heterocycles. The molecule has 118 valence electrons. The van der Waals surface area contributed by atoms with Crippen molar-refractivity contribution < 1.29 is 4.79 Å². The maximum atomic E-state index is 12.4. The van der Waals surface area contributed by atoms with Crippen molar-refractivity contribution in [2.75, 3.05) is 18.4 Å². The second kappa shape index (κ2) is 5.47. The maximum absolute atomic E-state index is 12.4. The Labute approximate surface area is 138 Å². The van der Waals surface area contributed by atoms with Crippen molar-refractivity contribution in [1.82, 2.24) is 14.7 Å². The summed E-state index contributed by atoms with van der Waals surface area (Å²) in [5, 5.41) is 8.29. The average molecular weight is 326 g/mol. The molecule has 0 bridgehead atoms. The summed E-state index contributed by atoms with van der Waals surface area (Å²) in [5.41, 5.74) is 2.51. The van der Waals surface area contributed by atoms with E-state index in [1.165, 1.54) is 0 Å². The van der Waals surface area contributed by atoms with E-state index in [2.05, 4.69) is 15.6 Å². The molecule has 6 heteroatoms. The lowest BCUT2D eigenvalue weighted by Crippen LogP contribution is -2.35. The minimum atomic E-state index is -0.313. The number of nitrogens with zero attached hydrogens (tertiary/aromatic N) is 2. The molecule has 3 heterocycles. The van der Waals surface area contributed by atoms with Crippen LogP contribution in [0.2, 0.25) is 0 Å². The molecular weight excluding hydrogens is 308 g/mol. The van der Waals surface area contributed by atoms with Crippen molar-refractivity contribution in [3.05, 3.63) is 42.0 Å².